The van der Waals surface area contributed by atoms with Crippen LogP contribution in [0.5, 0.6) is 0 Å². The molecule has 2 rings (SSSR count). The number of hydrogen-bond acceptors (Lipinski definition) is 5. The quantitative estimate of drug-likeness (QED) is 0.240. The normalized spacial score (nSPS) is 15.0. The number of aliphatic imine (C=N–C) groups is 1. The van der Waals surface area contributed by atoms with Gasteiger partial charge >= 0.3 is 6.09 Å². The Balaban J connectivity index is 0.00000512. The minimum atomic E-state index is -0.507. The van der Waals surface area contributed by atoms with E-state index >= 15 is 0 Å². The number of unbranched alkanes of at least 4 members (excludes halogenated alkanes) is 1. The monoisotopic (exact) mass is 560 g/mol. The molecule has 0 radical (unpaired) electrons. The minimum absolute atomic E-state index is 0. The zero-order valence-electron chi connectivity index (χ0n) is 20.2. The largest absolute Gasteiger partial charge is 0.444 e. The van der Waals surface area contributed by atoms with E-state index < -0.39 is 11.7 Å². The lowest BCUT2D eigenvalue weighted by molar-refractivity contribution is 0.0523. The maximum absolute atomic E-state index is 12.0. The van der Waals surface area contributed by atoms with E-state index in [0.29, 0.717) is 19.0 Å². The molecule has 3 N–H and O–H groups in total. The summed E-state index contributed by atoms with van der Waals surface area (Å²) in [6.07, 6.45) is 7.03. The standard InChI is InChI=1S/C23H40N6O2.HI/c1-6-7-10-19(17-27-22(30)31-23(2,3)4)28-21(24-5)26-16-18-11-12-25-20(15-18)29-13-8-9-14-29;/h11-12,15,19H,6-10,13-14,16-17H2,1-5H3,(H,27,30)(H2,24,26,28);1H. The van der Waals surface area contributed by atoms with E-state index in [2.05, 4.69) is 43.8 Å². The molecule has 8 nitrogen and oxygen atoms in total. The predicted molar refractivity (Wildman–Crippen MR) is 142 cm³/mol. The van der Waals surface area contributed by atoms with Crippen LogP contribution in [0.15, 0.2) is 23.3 Å². The number of pyridine rings is 1. The highest BCUT2D eigenvalue weighted by molar-refractivity contribution is 14.0. The van der Waals surface area contributed by atoms with Crippen molar-refractivity contribution in [3.8, 4) is 0 Å². The molecule has 1 saturated heterocycles. The molecule has 9 heteroatoms. The van der Waals surface area contributed by atoms with Crippen LogP contribution in [0.3, 0.4) is 0 Å². The molecule has 0 spiro atoms. The Morgan fingerprint density at radius 1 is 1.28 bits per heavy atom. The summed E-state index contributed by atoms with van der Waals surface area (Å²) < 4.78 is 5.35. The van der Waals surface area contributed by atoms with Gasteiger partial charge in [0.1, 0.15) is 11.4 Å². The topological polar surface area (TPSA) is 90.9 Å². The van der Waals surface area contributed by atoms with Crippen molar-refractivity contribution in [1.29, 1.82) is 0 Å². The van der Waals surface area contributed by atoms with Crippen LogP contribution in [0.25, 0.3) is 0 Å². The van der Waals surface area contributed by atoms with Crippen LogP contribution in [0.2, 0.25) is 0 Å². The molecule has 0 aliphatic carbocycles. The van der Waals surface area contributed by atoms with Crippen molar-refractivity contribution in [2.75, 3.05) is 31.6 Å². The van der Waals surface area contributed by atoms with Crippen LogP contribution in [-0.4, -0.2) is 55.4 Å². The van der Waals surface area contributed by atoms with Crippen molar-refractivity contribution in [2.45, 2.75) is 78.0 Å². The molecule has 0 bridgehead atoms. The van der Waals surface area contributed by atoms with E-state index in [4.69, 9.17) is 4.74 Å². The fourth-order valence-electron chi connectivity index (χ4n) is 3.46. The second-order valence-electron chi connectivity index (χ2n) is 9.01. The van der Waals surface area contributed by atoms with Gasteiger partial charge in [-0.3, -0.25) is 4.99 Å². The molecule has 1 aromatic heterocycles. The average molecular weight is 561 g/mol. The first-order chi connectivity index (χ1) is 14.8. The lowest BCUT2D eigenvalue weighted by Gasteiger charge is -2.24. The van der Waals surface area contributed by atoms with E-state index in [1.165, 1.54) is 12.8 Å². The molecule has 1 atom stereocenters. The summed E-state index contributed by atoms with van der Waals surface area (Å²) in [6, 6.07) is 4.24. The lowest BCUT2D eigenvalue weighted by Crippen LogP contribution is -2.48. The molecular formula is C23H41IN6O2. The molecule has 1 unspecified atom stereocenters. The number of rotatable bonds is 9. The number of anilines is 1. The summed E-state index contributed by atoms with van der Waals surface area (Å²) in [4.78, 5) is 23.2. The van der Waals surface area contributed by atoms with Gasteiger partial charge in [-0.05, 0) is 57.7 Å². The van der Waals surface area contributed by atoms with E-state index in [0.717, 1.165) is 43.7 Å². The van der Waals surface area contributed by atoms with Gasteiger partial charge in [0.15, 0.2) is 5.96 Å². The van der Waals surface area contributed by atoms with Gasteiger partial charge in [0.25, 0.3) is 0 Å². The van der Waals surface area contributed by atoms with Gasteiger partial charge in [0, 0.05) is 45.5 Å². The number of halogens is 1. The number of nitrogens with zero attached hydrogens (tertiary/aromatic N) is 3. The highest BCUT2D eigenvalue weighted by Crippen LogP contribution is 2.18. The third-order valence-corrected chi connectivity index (χ3v) is 5.06. The van der Waals surface area contributed by atoms with Gasteiger partial charge in [-0.25, -0.2) is 9.78 Å². The summed E-state index contributed by atoms with van der Waals surface area (Å²) in [5.41, 5.74) is 0.656. The van der Waals surface area contributed by atoms with Crippen LogP contribution >= 0.6 is 24.0 Å². The second-order valence-corrected chi connectivity index (χ2v) is 9.01. The molecule has 2 heterocycles. The number of aromatic nitrogens is 1. The number of alkyl carbamates (subject to hydrolysis) is 1. The third-order valence-electron chi connectivity index (χ3n) is 5.06. The van der Waals surface area contributed by atoms with Gasteiger partial charge in [-0.1, -0.05) is 19.8 Å². The Morgan fingerprint density at radius 2 is 2.00 bits per heavy atom. The van der Waals surface area contributed by atoms with Crippen LogP contribution in [0.1, 0.15) is 65.4 Å². The van der Waals surface area contributed by atoms with E-state index in [1.54, 1.807) is 7.05 Å². The molecule has 0 saturated carbocycles. The molecule has 1 fully saturated rings. The number of guanidine groups is 1. The maximum atomic E-state index is 12.0. The number of ether oxygens (including phenoxy) is 1. The predicted octanol–water partition coefficient (Wildman–Crippen LogP) is 4.05. The molecule has 1 aliphatic heterocycles. The summed E-state index contributed by atoms with van der Waals surface area (Å²) in [5.74, 6) is 1.76. The smallest absolute Gasteiger partial charge is 0.407 e. The van der Waals surface area contributed by atoms with Crippen LogP contribution < -0.4 is 20.9 Å². The van der Waals surface area contributed by atoms with Crippen LogP contribution in [-0.2, 0) is 11.3 Å². The van der Waals surface area contributed by atoms with Gasteiger partial charge in [-0.2, -0.15) is 0 Å². The van der Waals surface area contributed by atoms with E-state index in [9.17, 15) is 4.79 Å². The number of nitrogens with one attached hydrogen (secondary N) is 3. The first-order valence-corrected chi connectivity index (χ1v) is 11.4. The molecule has 1 amide bonds. The Bertz CT molecular complexity index is 717. The summed E-state index contributed by atoms with van der Waals surface area (Å²) in [6.45, 7) is 11.0. The number of amides is 1. The SMILES string of the molecule is CCCCC(CNC(=O)OC(C)(C)C)NC(=NC)NCc1ccnc(N2CCCC2)c1.I. The Labute approximate surface area is 210 Å². The molecule has 0 aromatic carbocycles. The van der Waals surface area contributed by atoms with Gasteiger partial charge in [0.2, 0.25) is 0 Å². The summed E-state index contributed by atoms with van der Waals surface area (Å²) >= 11 is 0. The summed E-state index contributed by atoms with van der Waals surface area (Å²) in [7, 11) is 1.76. The molecular weight excluding hydrogens is 519 g/mol. The van der Waals surface area contributed by atoms with Gasteiger partial charge in [-0.15, -0.1) is 24.0 Å². The Kier molecular flexibility index (Phi) is 12.7. The molecule has 1 aromatic rings. The molecule has 32 heavy (non-hydrogen) atoms. The third kappa shape index (κ3) is 10.7. The van der Waals surface area contributed by atoms with Crippen LogP contribution in [0.4, 0.5) is 10.6 Å². The zero-order chi connectivity index (χ0) is 22.7. The Morgan fingerprint density at radius 3 is 2.62 bits per heavy atom. The fraction of sp³-hybridized carbons (Fsp3) is 0.696. The maximum Gasteiger partial charge on any atom is 0.407 e. The van der Waals surface area contributed by atoms with E-state index in [1.807, 2.05) is 33.0 Å². The summed E-state index contributed by atoms with van der Waals surface area (Å²) in [5, 5.41) is 9.69. The van der Waals surface area contributed by atoms with Crippen molar-refractivity contribution in [1.82, 2.24) is 20.9 Å². The van der Waals surface area contributed by atoms with Crippen molar-refractivity contribution in [3.05, 3.63) is 23.9 Å². The first-order valence-electron chi connectivity index (χ1n) is 11.4. The minimum Gasteiger partial charge on any atom is -0.444 e. The number of carbonyl (C=O) groups excluding carboxylic acids is 1. The molecule has 1 aliphatic rings. The van der Waals surface area contributed by atoms with Gasteiger partial charge in [0.05, 0.1) is 0 Å². The van der Waals surface area contributed by atoms with Crippen LogP contribution in [0, 0.1) is 0 Å². The average Bonchev–Trinajstić information content (AvgIpc) is 3.26. The number of hydrogen-bond donors (Lipinski definition) is 3. The van der Waals surface area contributed by atoms with Crippen molar-refractivity contribution < 1.29 is 9.53 Å². The highest BCUT2D eigenvalue weighted by Gasteiger charge is 2.18. The van der Waals surface area contributed by atoms with Crippen molar-refractivity contribution >= 4 is 41.8 Å². The zero-order valence-corrected chi connectivity index (χ0v) is 22.6. The number of carbonyl (C=O) groups is 1. The second kappa shape index (κ2) is 14.4. The fourth-order valence-corrected chi connectivity index (χ4v) is 3.46. The highest BCUT2D eigenvalue weighted by atomic mass is 127. The van der Waals surface area contributed by atoms with Crippen molar-refractivity contribution in [2.24, 2.45) is 4.99 Å². The Hall–Kier alpha value is -1.78. The van der Waals surface area contributed by atoms with Gasteiger partial charge < -0.3 is 25.6 Å². The molecule has 182 valence electrons. The van der Waals surface area contributed by atoms with Crippen molar-refractivity contribution in [3.63, 3.8) is 0 Å². The first kappa shape index (κ1) is 28.3. The lowest BCUT2D eigenvalue weighted by atomic mass is 10.1. The van der Waals surface area contributed by atoms with E-state index in [-0.39, 0.29) is 30.0 Å².